The Hall–Kier alpha value is -1.94. The molecule has 0 aromatic heterocycles. The van der Waals surface area contributed by atoms with Crippen molar-refractivity contribution in [2.45, 2.75) is 88.4 Å². The average molecular weight is 649 g/mol. The van der Waals surface area contributed by atoms with Crippen LogP contribution in [0.15, 0.2) is 36.4 Å². The number of nitrogens with two attached hydrogens (primary N) is 1. The minimum atomic E-state index is -3.38. The van der Waals surface area contributed by atoms with Crippen LogP contribution in [0.2, 0.25) is 5.02 Å². The maximum Gasteiger partial charge on any atom is 0.338 e. The number of benzene rings is 2. The smallest absolute Gasteiger partial charge is 0.338 e. The lowest BCUT2D eigenvalue weighted by Crippen LogP contribution is -2.49. The lowest BCUT2D eigenvalue weighted by molar-refractivity contribution is 0.00695. The molecule has 3 atom stereocenters. The normalized spacial score (nSPS) is 23.5. The maximum atomic E-state index is 13.1. The molecular formula is C33H45ClN2O5S2. The second-order valence-corrected chi connectivity index (χ2v) is 17.0. The van der Waals surface area contributed by atoms with Gasteiger partial charge in [0.15, 0.2) is 0 Å². The lowest BCUT2D eigenvalue weighted by Gasteiger charge is -2.44. The largest absolute Gasteiger partial charge is 0.490 e. The van der Waals surface area contributed by atoms with Crippen molar-refractivity contribution in [1.29, 1.82) is 0 Å². The summed E-state index contributed by atoms with van der Waals surface area (Å²) in [5, 5.41) is 6.47. The Morgan fingerprint density at radius 1 is 1.16 bits per heavy atom. The first-order valence-electron chi connectivity index (χ1n) is 15.5. The number of ether oxygens (including phenoxy) is 2. The van der Waals surface area contributed by atoms with Gasteiger partial charge in [-0.1, -0.05) is 24.1 Å². The first-order valence-corrected chi connectivity index (χ1v) is 18.6. The summed E-state index contributed by atoms with van der Waals surface area (Å²) in [4.78, 5) is 15.6. The SMILES string of the molecule is CC(C)(C)OC(=O)c1ccc2c(c1)N(C[C@@H]1CC[C@H]1SCCCCCS(N)(=O)=O)CC1(CCCc3cc(Cl)ccc31)CO2. The molecule has 0 bridgehead atoms. The molecule has 1 fully saturated rings. The molecular weight excluding hydrogens is 604 g/mol. The van der Waals surface area contributed by atoms with E-state index < -0.39 is 15.6 Å². The fourth-order valence-corrected chi connectivity index (χ4v) is 8.92. The van der Waals surface area contributed by atoms with E-state index in [0.29, 0.717) is 29.8 Å². The van der Waals surface area contributed by atoms with Crippen LogP contribution in [0.3, 0.4) is 0 Å². The molecule has 1 aliphatic heterocycles. The van der Waals surface area contributed by atoms with E-state index in [4.69, 9.17) is 26.2 Å². The van der Waals surface area contributed by atoms with Gasteiger partial charge in [0, 0.05) is 28.8 Å². The predicted molar refractivity (Wildman–Crippen MR) is 176 cm³/mol. The van der Waals surface area contributed by atoms with Gasteiger partial charge in [-0.25, -0.2) is 18.4 Å². The molecule has 3 aliphatic rings. The minimum Gasteiger partial charge on any atom is -0.490 e. The Labute approximate surface area is 266 Å². The van der Waals surface area contributed by atoms with Gasteiger partial charge >= 0.3 is 5.97 Å². The predicted octanol–water partition coefficient (Wildman–Crippen LogP) is 6.74. The number of thioether (sulfide) groups is 1. The van der Waals surface area contributed by atoms with Gasteiger partial charge in [-0.2, -0.15) is 11.8 Å². The molecule has 0 radical (unpaired) electrons. The minimum absolute atomic E-state index is 0.0581. The summed E-state index contributed by atoms with van der Waals surface area (Å²) in [5.74, 6) is 2.08. The van der Waals surface area contributed by atoms with E-state index in [1.165, 1.54) is 24.0 Å². The number of sulfonamides is 1. The number of rotatable bonds is 10. The first-order chi connectivity index (χ1) is 20.3. The van der Waals surface area contributed by atoms with Gasteiger partial charge in [0.1, 0.15) is 11.4 Å². The Kier molecular flexibility index (Phi) is 9.96. The van der Waals surface area contributed by atoms with Crippen molar-refractivity contribution >= 4 is 45.0 Å². The molecule has 1 saturated carbocycles. The molecule has 2 aromatic carbocycles. The highest BCUT2D eigenvalue weighted by Crippen LogP contribution is 2.46. The third-order valence-electron chi connectivity index (χ3n) is 8.88. The Morgan fingerprint density at radius 3 is 2.70 bits per heavy atom. The highest BCUT2D eigenvalue weighted by molar-refractivity contribution is 7.99. The van der Waals surface area contributed by atoms with Crippen molar-refractivity contribution in [3.8, 4) is 5.75 Å². The molecule has 2 aromatic rings. The Bertz CT molecular complexity index is 1430. The number of halogens is 1. The van der Waals surface area contributed by atoms with Gasteiger partial charge in [-0.15, -0.1) is 0 Å². The second-order valence-electron chi connectivity index (χ2n) is 13.5. The summed E-state index contributed by atoms with van der Waals surface area (Å²) in [6.45, 7) is 7.94. The molecule has 0 amide bonds. The molecule has 5 rings (SSSR count). The van der Waals surface area contributed by atoms with Gasteiger partial charge in [-0.3, -0.25) is 0 Å². The third-order valence-corrected chi connectivity index (χ3v) is 11.5. The van der Waals surface area contributed by atoms with E-state index in [-0.39, 0.29) is 17.1 Å². The van der Waals surface area contributed by atoms with Crippen LogP contribution in [0.4, 0.5) is 5.69 Å². The number of nitrogens with zero attached hydrogens (tertiary/aromatic N) is 1. The van der Waals surface area contributed by atoms with Crippen LogP contribution in [-0.2, 0) is 26.6 Å². The van der Waals surface area contributed by atoms with E-state index in [1.54, 1.807) is 0 Å². The lowest BCUT2D eigenvalue weighted by atomic mass is 9.70. The average Bonchev–Trinajstić information content (AvgIpc) is 3.06. The van der Waals surface area contributed by atoms with Gasteiger partial charge in [-0.05, 0) is 119 Å². The standard InChI is InChI=1S/C33H45ClN2O5S2/c1-32(2,3)41-31(37)24-9-13-29-28(19-24)36(20-25-10-14-30(25)42-16-5-4-6-17-43(35,38)39)21-33(22-40-29)15-7-8-23-18-26(34)11-12-27(23)33/h9,11-13,18-19,25,30H,4-8,10,14-17,20-22H2,1-3H3,(H2,35,38,39)/t25-,30+,33?/m0/s1. The zero-order chi connectivity index (χ0) is 30.8. The topological polar surface area (TPSA) is 98.9 Å². The zero-order valence-electron chi connectivity index (χ0n) is 25.6. The van der Waals surface area contributed by atoms with Gasteiger partial charge in [0.05, 0.1) is 23.6 Å². The van der Waals surface area contributed by atoms with E-state index in [2.05, 4.69) is 17.0 Å². The van der Waals surface area contributed by atoms with E-state index in [0.717, 1.165) is 67.4 Å². The summed E-state index contributed by atoms with van der Waals surface area (Å²) >= 11 is 8.42. The van der Waals surface area contributed by atoms with Crippen LogP contribution in [0.25, 0.3) is 0 Å². The molecule has 7 nitrogen and oxygen atoms in total. The molecule has 1 heterocycles. The summed E-state index contributed by atoms with van der Waals surface area (Å²) in [5.41, 5.74) is 3.38. The number of esters is 1. The van der Waals surface area contributed by atoms with Crippen molar-refractivity contribution in [2.24, 2.45) is 11.1 Å². The summed E-state index contributed by atoms with van der Waals surface area (Å²) in [6, 6.07) is 12.0. The Balaban J connectivity index is 1.36. The fraction of sp³-hybridized carbons (Fsp3) is 0.606. The highest BCUT2D eigenvalue weighted by atomic mass is 35.5. The summed E-state index contributed by atoms with van der Waals surface area (Å²) in [7, 11) is -3.38. The third kappa shape index (κ3) is 8.21. The van der Waals surface area contributed by atoms with E-state index >= 15 is 0 Å². The van der Waals surface area contributed by atoms with Crippen molar-refractivity contribution in [1.82, 2.24) is 0 Å². The van der Waals surface area contributed by atoms with Crippen LogP contribution in [0, 0.1) is 5.92 Å². The van der Waals surface area contributed by atoms with Crippen molar-refractivity contribution in [3.05, 3.63) is 58.1 Å². The molecule has 2 aliphatic carbocycles. The zero-order valence-corrected chi connectivity index (χ0v) is 28.0. The summed E-state index contributed by atoms with van der Waals surface area (Å²) in [6.07, 6.45) is 7.97. The number of anilines is 1. The number of hydrogen-bond acceptors (Lipinski definition) is 7. The number of hydrogen-bond donors (Lipinski definition) is 1. The first kappa shape index (κ1) is 32.5. The number of primary sulfonamides is 1. The quantitative estimate of drug-likeness (QED) is 0.225. The molecule has 10 heteroatoms. The molecule has 1 unspecified atom stereocenters. The highest BCUT2D eigenvalue weighted by Gasteiger charge is 2.43. The molecule has 43 heavy (non-hydrogen) atoms. The van der Waals surface area contributed by atoms with Crippen LogP contribution >= 0.6 is 23.4 Å². The van der Waals surface area contributed by atoms with Crippen LogP contribution < -0.4 is 14.8 Å². The van der Waals surface area contributed by atoms with Crippen LogP contribution in [0.5, 0.6) is 5.75 Å². The molecule has 0 saturated heterocycles. The van der Waals surface area contributed by atoms with Gasteiger partial charge in [0.2, 0.25) is 10.0 Å². The molecule has 2 N–H and O–H groups in total. The monoisotopic (exact) mass is 648 g/mol. The molecule has 1 spiro atoms. The van der Waals surface area contributed by atoms with Gasteiger partial charge < -0.3 is 14.4 Å². The van der Waals surface area contributed by atoms with Gasteiger partial charge in [0.25, 0.3) is 0 Å². The summed E-state index contributed by atoms with van der Waals surface area (Å²) < 4.78 is 34.7. The van der Waals surface area contributed by atoms with E-state index in [1.807, 2.05) is 56.8 Å². The Morgan fingerprint density at radius 2 is 1.98 bits per heavy atom. The number of fused-ring (bicyclic) bond motifs is 3. The van der Waals surface area contributed by atoms with Crippen LogP contribution in [-0.4, -0.2) is 56.4 Å². The van der Waals surface area contributed by atoms with E-state index in [9.17, 15) is 13.2 Å². The number of aryl methyl sites for hydroxylation is 1. The number of carbonyl (C=O) groups is 1. The van der Waals surface area contributed by atoms with Crippen molar-refractivity contribution < 1.29 is 22.7 Å². The second kappa shape index (κ2) is 13.2. The van der Waals surface area contributed by atoms with Crippen LogP contribution in [0.1, 0.15) is 87.2 Å². The molecule has 236 valence electrons. The maximum absolute atomic E-state index is 13.1. The number of carbonyl (C=O) groups excluding carboxylic acids is 1. The van der Waals surface area contributed by atoms with Crippen molar-refractivity contribution in [3.63, 3.8) is 0 Å². The number of unbranched alkanes of at least 4 members (excludes halogenated alkanes) is 2. The fourth-order valence-electron chi connectivity index (χ4n) is 6.64. The van der Waals surface area contributed by atoms with Crippen molar-refractivity contribution in [2.75, 3.05) is 36.1 Å².